The van der Waals surface area contributed by atoms with Crippen LogP contribution in [0, 0.1) is 6.92 Å². The Morgan fingerprint density at radius 1 is 1.27 bits per heavy atom. The van der Waals surface area contributed by atoms with Gasteiger partial charge in [0.1, 0.15) is 0 Å². The second kappa shape index (κ2) is 4.51. The van der Waals surface area contributed by atoms with Crippen LogP contribution in [0.4, 0.5) is 0 Å². The molecule has 78 valence electrons. The van der Waals surface area contributed by atoms with Crippen LogP contribution in [0.25, 0.3) is 0 Å². The number of aromatic nitrogens is 2. The molecule has 0 bridgehead atoms. The molecular weight excluding hydrogens is 206 g/mol. The van der Waals surface area contributed by atoms with Crippen LogP contribution in [0.5, 0.6) is 0 Å². The molecule has 3 nitrogen and oxygen atoms in total. The number of hydrogen-bond donors (Lipinski definition) is 1. The summed E-state index contributed by atoms with van der Waals surface area (Å²) in [5, 5.41) is 11.0. The Labute approximate surface area is 93.2 Å². The first kappa shape index (κ1) is 10.3. The van der Waals surface area contributed by atoms with Gasteiger partial charge in [0.15, 0.2) is 0 Å². The van der Waals surface area contributed by atoms with E-state index in [4.69, 9.17) is 0 Å². The molecule has 1 unspecified atom stereocenters. The van der Waals surface area contributed by atoms with Crippen molar-refractivity contribution in [1.82, 2.24) is 15.5 Å². The minimum absolute atomic E-state index is 0.221. The van der Waals surface area contributed by atoms with Gasteiger partial charge in [-0.25, -0.2) is 0 Å². The monoisotopic (exact) mass is 219 g/mol. The normalized spacial score (nSPS) is 12.7. The molecule has 1 atom stereocenters. The molecule has 4 heteroatoms. The standard InChI is InChI=1S/C11H13N3S/c1-8-3-4-10(15-8)11(12-2)9-5-6-13-14-7-9/h3-7,11-12H,1-2H3. The Kier molecular flexibility index (Phi) is 3.08. The van der Waals surface area contributed by atoms with Gasteiger partial charge >= 0.3 is 0 Å². The summed E-state index contributed by atoms with van der Waals surface area (Å²) >= 11 is 1.80. The van der Waals surface area contributed by atoms with Crippen LogP contribution in [-0.2, 0) is 0 Å². The summed E-state index contributed by atoms with van der Waals surface area (Å²) in [5.41, 5.74) is 1.15. The highest BCUT2D eigenvalue weighted by Crippen LogP contribution is 2.27. The molecule has 0 amide bonds. The van der Waals surface area contributed by atoms with Crippen molar-refractivity contribution in [2.45, 2.75) is 13.0 Å². The number of nitrogens with one attached hydrogen (secondary N) is 1. The fourth-order valence-electron chi connectivity index (χ4n) is 1.55. The Hall–Kier alpha value is -1.26. The van der Waals surface area contributed by atoms with Crippen molar-refractivity contribution in [2.24, 2.45) is 0 Å². The average Bonchev–Trinajstić information content (AvgIpc) is 2.68. The van der Waals surface area contributed by atoms with Gasteiger partial charge in [-0.05, 0) is 37.7 Å². The number of nitrogens with zero attached hydrogens (tertiary/aromatic N) is 2. The molecule has 0 aliphatic heterocycles. The van der Waals surface area contributed by atoms with E-state index in [1.165, 1.54) is 9.75 Å². The molecule has 0 aliphatic rings. The minimum Gasteiger partial charge on any atom is -0.309 e. The maximum absolute atomic E-state index is 3.90. The number of rotatable bonds is 3. The zero-order valence-electron chi connectivity index (χ0n) is 8.77. The van der Waals surface area contributed by atoms with Crippen LogP contribution < -0.4 is 5.32 Å². The minimum atomic E-state index is 0.221. The second-order valence-corrected chi connectivity index (χ2v) is 4.67. The lowest BCUT2D eigenvalue weighted by Crippen LogP contribution is -2.16. The van der Waals surface area contributed by atoms with Gasteiger partial charge in [-0.3, -0.25) is 0 Å². The summed E-state index contributed by atoms with van der Waals surface area (Å²) in [6.45, 7) is 2.12. The van der Waals surface area contributed by atoms with E-state index in [0.29, 0.717) is 0 Å². The van der Waals surface area contributed by atoms with Gasteiger partial charge < -0.3 is 5.32 Å². The Balaban J connectivity index is 2.33. The highest BCUT2D eigenvalue weighted by Gasteiger charge is 2.13. The lowest BCUT2D eigenvalue weighted by molar-refractivity contribution is 0.696. The predicted molar refractivity (Wildman–Crippen MR) is 62.0 cm³/mol. The Morgan fingerprint density at radius 3 is 2.67 bits per heavy atom. The topological polar surface area (TPSA) is 37.8 Å². The molecule has 1 N–H and O–H groups in total. The zero-order valence-corrected chi connectivity index (χ0v) is 9.58. The van der Waals surface area contributed by atoms with Crippen LogP contribution >= 0.6 is 11.3 Å². The van der Waals surface area contributed by atoms with Crippen molar-refractivity contribution in [3.05, 3.63) is 45.9 Å². The smallest absolute Gasteiger partial charge is 0.0685 e. The third-order valence-electron chi connectivity index (χ3n) is 2.27. The lowest BCUT2D eigenvalue weighted by Gasteiger charge is -2.13. The van der Waals surface area contributed by atoms with Crippen molar-refractivity contribution in [2.75, 3.05) is 7.05 Å². The summed E-state index contributed by atoms with van der Waals surface area (Å²) in [7, 11) is 1.96. The molecule has 0 aliphatic carbocycles. The highest BCUT2D eigenvalue weighted by atomic mass is 32.1. The molecule has 2 aromatic heterocycles. The van der Waals surface area contributed by atoms with Gasteiger partial charge in [0.25, 0.3) is 0 Å². The number of hydrogen-bond acceptors (Lipinski definition) is 4. The molecular formula is C11H13N3S. The summed E-state index contributed by atoms with van der Waals surface area (Å²) in [5.74, 6) is 0. The first-order chi connectivity index (χ1) is 7.31. The van der Waals surface area contributed by atoms with Gasteiger partial charge in [0.05, 0.1) is 12.2 Å². The Morgan fingerprint density at radius 2 is 2.13 bits per heavy atom. The van der Waals surface area contributed by atoms with Gasteiger partial charge in [-0.1, -0.05) is 0 Å². The predicted octanol–water partition coefficient (Wildman–Crippen LogP) is 2.16. The summed E-state index contributed by atoms with van der Waals surface area (Å²) < 4.78 is 0. The lowest BCUT2D eigenvalue weighted by atomic mass is 10.1. The molecule has 0 saturated carbocycles. The third-order valence-corrected chi connectivity index (χ3v) is 3.34. The van der Waals surface area contributed by atoms with Crippen molar-refractivity contribution >= 4 is 11.3 Å². The van der Waals surface area contributed by atoms with Crippen LogP contribution in [0.15, 0.2) is 30.6 Å². The van der Waals surface area contributed by atoms with E-state index >= 15 is 0 Å². The molecule has 0 radical (unpaired) electrons. The SMILES string of the molecule is CNC(c1ccnnc1)c1ccc(C)s1. The van der Waals surface area contributed by atoms with Crippen molar-refractivity contribution < 1.29 is 0 Å². The first-order valence-electron chi connectivity index (χ1n) is 4.81. The maximum Gasteiger partial charge on any atom is 0.0685 e. The van der Waals surface area contributed by atoms with Crippen LogP contribution in [-0.4, -0.2) is 17.2 Å². The van der Waals surface area contributed by atoms with Crippen LogP contribution in [0.3, 0.4) is 0 Å². The van der Waals surface area contributed by atoms with E-state index < -0.39 is 0 Å². The number of aryl methyl sites for hydroxylation is 1. The van der Waals surface area contributed by atoms with Crippen molar-refractivity contribution in [3.63, 3.8) is 0 Å². The maximum atomic E-state index is 3.90. The summed E-state index contributed by atoms with van der Waals surface area (Å²) in [6.07, 6.45) is 3.52. The Bertz CT molecular complexity index is 424. The molecule has 15 heavy (non-hydrogen) atoms. The molecule has 0 aromatic carbocycles. The van der Waals surface area contributed by atoms with Crippen LogP contribution in [0.2, 0.25) is 0 Å². The van der Waals surface area contributed by atoms with E-state index in [1.54, 1.807) is 23.7 Å². The van der Waals surface area contributed by atoms with E-state index in [0.717, 1.165) is 5.56 Å². The fourth-order valence-corrected chi connectivity index (χ4v) is 2.57. The van der Waals surface area contributed by atoms with Gasteiger partial charge in [0, 0.05) is 16.0 Å². The third kappa shape index (κ3) is 2.22. The first-order valence-corrected chi connectivity index (χ1v) is 5.63. The molecule has 0 fully saturated rings. The van der Waals surface area contributed by atoms with Gasteiger partial charge in [0.2, 0.25) is 0 Å². The van der Waals surface area contributed by atoms with Gasteiger partial charge in [-0.2, -0.15) is 10.2 Å². The molecule has 0 spiro atoms. The molecule has 2 aromatic rings. The molecule has 2 heterocycles. The van der Waals surface area contributed by atoms with E-state index in [2.05, 4.69) is 34.6 Å². The quantitative estimate of drug-likeness (QED) is 0.859. The van der Waals surface area contributed by atoms with E-state index in [9.17, 15) is 0 Å². The van der Waals surface area contributed by atoms with E-state index in [-0.39, 0.29) is 6.04 Å². The van der Waals surface area contributed by atoms with E-state index in [1.807, 2.05) is 13.1 Å². The largest absolute Gasteiger partial charge is 0.309 e. The van der Waals surface area contributed by atoms with Crippen molar-refractivity contribution in [3.8, 4) is 0 Å². The average molecular weight is 219 g/mol. The van der Waals surface area contributed by atoms with Gasteiger partial charge in [-0.15, -0.1) is 11.3 Å². The van der Waals surface area contributed by atoms with Crippen LogP contribution in [0.1, 0.15) is 21.4 Å². The highest BCUT2D eigenvalue weighted by molar-refractivity contribution is 7.12. The van der Waals surface area contributed by atoms with Crippen molar-refractivity contribution in [1.29, 1.82) is 0 Å². The fraction of sp³-hybridized carbons (Fsp3) is 0.273. The zero-order chi connectivity index (χ0) is 10.7. The molecule has 0 saturated heterocycles. The molecule has 2 rings (SSSR count). The number of thiophene rings is 1. The second-order valence-electron chi connectivity index (χ2n) is 3.35. The summed E-state index contributed by atoms with van der Waals surface area (Å²) in [4.78, 5) is 2.63. The summed E-state index contributed by atoms with van der Waals surface area (Å²) in [6, 6.07) is 6.50.